The first-order valence-corrected chi connectivity index (χ1v) is 9.39. The van der Waals surface area contributed by atoms with Gasteiger partial charge in [-0.2, -0.15) is 0 Å². The van der Waals surface area contributed by atoms with Gasteiger partial charge in [-0.15, -0.1) is 13.2 Å². The summed E-state index contributed by atoms with van der Waals surface area (Å²) in [5.41, 5.74) is -1.31. The molecule has 1 unspecified atom stereocenters. The summed E-state index contributed by atoms with van der Waals surface area (Å²) < 4.78 is 45.8. The molecular formula is C19H19F3N4O6. The molecule has 1 fully saturated rings. The summed E-state index contributed by atoms with van der Waals surface area (Å²) in [4.78, 5) is 50.3. The maximum absolute atomic E-state index is 13.1. The number of amides is 5. The van der Waals surface area contributed by atoms with Crippen molar-refractivity contribution < 1.29 is 41.8 Å². The van der Waals surface area contributed by atoms with Crippen molar-refractivity contribution >= 4 is 23.9 Å². The van der Waals surface area contributed by atoms with Gasteiger partial charge in [0.1, 0.15) is 11.3 Å². The number of imide groups is 1. The van der Waals surface area contributed by atoms with Gasteiger partial charge in [-0.25, -0.2) is 14.4 Å². The minimum absolute atomic E-state index is 0.0221. The molecule has 13 heteroatoms. The summed E-state index contributed by atoms with van der Waals surface area (Å²) in [5.74, 6) is -1.93. The molecule has 3 N–H and O–H groups in total. The smallest absolute Gasteiger partial charge is 0.463 e. The largest absolute Gasteiger partial charge is 0.573 e. The van der Waals surface area contributed by atoms with Crippen LogP contribution in [-0.4, -0.2) is 54.9 Å². The molecule has 1 saturated heterocycles. The lowest BCUT2D eigenvalue weighted by Crippen LogP contribution is -2.48. The van der Waals surface area contributed by atoms with Gasteiger partial charge in [0.2, 0.25) is 0 Å². The number of hydrogen-bond donors (Lipinski definition) is 3. The fourth-order valence-corrected chi connectivity index (χ4v) is 3.26. The van der Waals surface area contributed by atoms with Crippen molar-refractivity contribution in [3.05, 3.63) is 41.1 Å². The molecule has 32 heavy (non-hydrogen) atoms. The van der Waals surface area contributed by atoms with E-state index in [-0.39, 0.29) is 30.0 Å². The van der Waals surface area contributed by atoms with E-state index in [0.717, 1.165) is 17.0 Å². The lowest BCUT2D eigenvalue weighted by molar-refractivity contribution is -0.274. The quantitative estimate of drug-likeness (QED) is 0.440. The second-order valence-electron chi connectivity index (χ2n) is 7.00. The molecule has 0 aromatic heterocycles. The van der Waals surface area contributed by atoms with Crippen molar-refractivity contribution in [2.75, 3.05) is 19.7 Å². The molecule has 2 aliphatic rings. The molecule has 2 aliphatic heterocycles. The van der Waals surface area contributed by atoms with Crippen molar-refractivity contribution in [1.29, 1.82) is 0 Å². The fourth-order valence-electron chi connectivity index (χ4n) is 3.26. The molecule has 5 amide bonds. The van der Waals surface area contributed by atoms with Gasteiger partial charge in [0.25, 0.3) is 5.91 Å². The first-order valence-electron chi connectivity index (χ1n) is 9.39. The van der Waals surface area contributed by atoms with Crippen molar-refractivity contribution in [2.24, 2.45) is 0 Å². The van der Waals surface area contributed by atoms with E-state index in [2.05, 4.69) is 20.7 Å². The summed E-state index contributed by atoms with van der Waals surface area (Å²) in [6, 6.07) is 3.05. The Morgan fingerprint density at radius 3 is 2.44 bits per heavy atom. The highest BCUT2D eigenvalue weighted by molar-refractivity contribution is 6.07. The lowest BCUT2D eigenvalue weighted by atomic mass is 9.92. The van der Waals surface area contributed by atoms with Gasteiger partial charge in [0, 0.05) is 0 Å². The highest BCUT2D eigenvalue weighted by Gasteiger charge is 2.49. The van der Waals surface area contributed by atoms with Crippen LogP contribution < -0.4 is 20.7 Å². The molecule has 10 nitrogen and oxygen atoms in total. The molecule has 0 radical (unpaired) electrons. The zero-order valence-electron chi connectivity index (χ0n) is 17.0. The van der Waals surface area contributed by atoms with Crippen LogP contribution in [0.5, 0.6) is 5.75 Å². The van der Waals surface area contributed by atoms with Crippen LogP contribution in [0.15, 0.2) is 35.5 Å². The molecule has 2 heterocycles. The Morgan fingerprint density at radius 2 is 1.84 bits per heavy atom. The topological polar surface area (TPSA) is 126 Å². The Kier molecular flexibility index (Phi) is 6.01. The highest BCUT2D eigenvalue weighted by Crippen LogP contribution is 2.32. The van der Waals surface area contributed by atoms with Gasteiger partial charge in [0.05, 0.1) is 31.0 Å². The Bertz CT molecular complexity index is 992. The van der Waals surface area contributed by atoms with Crippen LogP contribution in [0.4, 0.5) is 22.8 Å². The van der Waals surface area contributed by atoms with Crippen LogP contribution in [0, 0.1) is 0 Å². The number of urea groups is 2. The fraction of sp³-hybridized carbons (Fsp3) is 0.368. The Balaban J connectivity index is 1.84. The molecule has 1 atom stereocenters. The van der Waals surface area contributed by atoms with Crippen LogP contribution in [0.25, 0.3) is 0 Å². The van der Waals surface area contributed by atoms with Gasteiger partial charge >= 0.3 is 24.4 Å². The summed E-state index contributed by atoms with van der Waals surface area (Å²) >= 11 is 0. The number of alkyl halides is 3. The van der Waals surface area contributed by atoms with Crippen LogP contribution in [0.2, 0.25) is 0 Å². The number of hydrogen-bond acceptors (Lipinski definition) is 6. The number of carbonyl (C=O) groups excluding carboxylic acids is 4. The summed E-state index contributed by atoms with van der Waals surface area (Å²) in [5, 5.41) is 7.30. The first-order chi connectivity index (χ1) is 14.9. The van der Waals surface area contributed by atoms with E-state index >= 15 is 0 Å². The second-order valence-corrected chi connectivity index (χ2v) is 7.00. The average Bonchev–Trinajstić information content (AvgIpc) is 2.91. The van der Waals surface area contributed by atoms with Crippen molar-refractivity contribution in [3.63, 3.8) is 0 Å². The van der Waals surface area contributed by atoms with Crippen molar-refractivity contribution in [1.82, 2.24) is 20.9 Å². The zero-order valence-corrected chi connectivity index (χ0v) is 17.0. The molecule has 0 bridgehead atoms. The van der Waals surface area contributed by atoms with Crippen molar-refractivity contribution in [2.45, 2.75) is 25.7 Å². The Morgan fingerprint density at radius 1 is 1.19 bits per heavy atom. The standard InChI is InChI=1S/C19H19F3N4O6/c1-3-31-14(27)12-8-23-16(29)24-13(12)9-26-15(28)18(2,25-17(26)30)10-4-6-11(7-5-10)32-19(20,21)22/h4-7H,3,8-9H2,1-2H3,(H,25,30)(H2,23,24,29). The molecule has 1 aromatic rings. The third-order valence-corrected chi connectivity index (χ3v) is 4.83. The lowest BCUT2D eigenvalue weighted by Gasteiger charge is -2.25. The minimum Gasteiger partial charge on any atom is -0.463 e. The van der Waals surface area contributed by atoms with E-state index in [0.29, 0.717) is 0 Å². The van der Waals surface area contributed by atoms with E-state index in [4.69, 9.17) is 4.74 Å². The number of halogens is 3. The summed E-state index contributed by atoms with van der Waals surface area (Å²) in [7, 11) is 0. The van der Waals surface area contributed by atoms with E-state index in [1.807, 2.05) is 0 Å². The highest BCUT2D eigenvalue weighted by atomic mass is 19.4. The summed E-state index contributed by atoms with van der Waals surface area (Å²) in [6.07, 6.45) is -4.87. The van der Waals surface area contributed by atoms with Crippen LogP contribution in [-0.2, 0) is 19.9 Å². The molecule has 0 spiro atoms. The molecule has 172 valence electrons. The predicted molar refractivity (Wildman–Crippen MR) is 101 cm³/mol. The SMILES string of the molecule is CCOC(=O)C1=C(CN2C(=O)NC(C)(c3ccc(OC(F)(F)F)cc3)C2=O)NC(=O)NC1. The van der Waals surface area contributed by atoms with E-state index in [1.54, 1.807) is 6.92 Å². The van der Waals surface area contributed by atoms with E-state index < -0.39 is 48.1 Å². The van der Waals surface area contributed by atoms with Gasteiger partial charge in [0.15, 0.2) is 0 Å². The predicted octanol–water partition coefficient (Wildman–Crippen LogP) is 1.48. The monoisotopic (exact) mass is 456 g/mol. The minimum atomic E-state index is -4.87. The second kappa shape index (κ2) is 8.40. The normalized spacial score (nSPS) is 21.2. The third-order valence-electron chi connectivity index (χ3n) is 4.83. The number of carbonyl (C=O) groups is 4. The maximum atomic E-state index is 13.1. The molecular weight excluding hydrogens is 437 g/mol. The zero-order chi connectivity index (χ0) is 23.7. The van der Waals surface area contributed by atoms with Gasteiger partial charge < -0.3 is 25.4 Å². The first kappa shape index (κ1) is 22.9. The Labute approximate surface area is 179 Å². The number of nitrogens with one attached hydrogen (secondary N) is 3. The number of nitrogens with zero attached hydrogens (tertiary/aromatic N) is 1. The van der Waals surface area contributed by atoms with Gasteiger partial charge in [-0.05, 0) is 31.5 Å². The van der Waals surface area contributed by atoms with Crippen molar-refractivity contribution in [3.8, 4) is 5.75 Å². The maximum Gasteiger partial charge on any atom is 0.573 e. The number of esters is 1. The van der Waals surface area contributed by atoms with Gasteiger partial charge in [-0.1, -0.05) is 12.1 Å². The molecule has 1 aromatic carbocycles. The van der Waals surface area contributed by atoms with Crippen LogP contribution in [0.3, 0.4) is 0 Å². The van der Waals surface area contributed by atoms with Crippen LogP contribution >= 0.6 is 0 Å². The van der Waals surface area contributed by atoms with Crippen LogP contribution in [0.1, 0.15) is 19.4 Å². The average molecular weight is 456 g/mol. The number of ether oxygens (including phenoxy) is 2. The number of benzene rings is 1. The van der Waals surface area contributed by atoms with E-state index in [1.165, 1.54) is 19.1 Å². The van der Waals surface area contributed by atoms with Gasteiger partial charge in [-0.3, -0.25) is 9.69 Å². The summed E-state index contributed by atoms with van der Waals surface area (Å²) in [6.45, 7) is 2.49. The molecule has 0 saturated carbocycles. The van der Waals surface area contributed by atoms with E-state index in [9.17, 15) is 32.3 Å². The number of rotatable bonds is 6. The Hall–Kier alpha value is -3.77. The third kappa shape index (κ3) is 4.60. The molecule has 3 rings (SSSR count). The molecule has 0 aliphatic carbocycles.